The van der Waals surface area contributed by atoms with Gasteiger partial charge in [0.2, 0.25) is 5.88 Å². The van der Waals surface area contributed by atoms with E-state index in [9.17, 15) is 0 Å². The Balaban J connectivity index is 0.000000469. The highest BCUT2D eigenvalue weighted by molar-refractivity contribution is 7.80. The van der Waals surface area contributed by atoms with E-state index in [1.807, 2.05) is 25.2 Å². The van der Waals surface area contributed by atoms with E-state index in [4.69, 9.17) is 36.8 Å². The lowest BCUT2D eigenvalue weighted by Crippen LogP contribution is -2.35. The van der Waals surface area contributed by atoms with E-state index in [-0.39, 0.29) is 6.10 Å². The first-order chi connectivity index (χ1) is 14.3. The van der Waals surface area contributed by atoms with Gasteiger partial charge >= 0.3 is 11.9 Å². The molecule has 1 unspecified atom stereocenters. The molecule has 1 atom stereocenters. The van der Waals surface area contributed by atoms with Gasteiger partial charge in [0.15, 0.2) is 0 Å². The van der Waals surface area contributed by atoms with Crippen LogP contribution in [0.2, 0.25) is 0 Å². The highest BCUT2D eigenvalue weighted by atomic mass is 32.1. The smallest absolute Gasteiger partial charge is 0.414 e. The number of thiocarbonyl (C=S) groups is 1. The minimum atomic E-state index is -1.82. The van der Waals surface area contributed by atoms with Gasteiger partial charge in [-0.25, -0.2) is 14.6 Å². The second-order valence-corrected chi connectivity index (χ2v) is 7.29. The Hall–Kier alpha value is -3.04. The van der Waals surface area contributed by atoms with Crippen molar-refractivity contribution in [2.75, 3.05) is 27.2 Å². The lowest BCUT2D eigenvalue weighted by molar-refractivity contribution is -0.159. The highest BCUT2D eigenvalue weighted by Gasteiger charge is 2.25. The Morgan fingerprint density at radius 1 is 1.20 bits per heavy atom. The van der Waals surface area contributed by atoms with Crippen molar-refractivity contribution < 1.29 is 24.5 Å². The molecule has 9 heteroatoms. The van der Waals surface area contributed by atoms with Crippen LogP contribution in [0, 0.1) is 0 Å². The third-order valence-corrected chi connectivity index (χ3v) is 4.95. The Morgan fingerprint density at radius 2 is 1.87 bits per heavy atom. The summed E-state index contributed by atoms with van der Waals surface area (Å²) < 4.78 is 6.13. The Labute approximate surface area is 180 Å². The summed E-state index contributed by atoms with van der Waals surface area (Å²) in [6, 6.07) is 14.4. The lowest BCUT2D eigenvalue weighted by Gasteiger charge is -2.24. The summed E-state index contributed by atoms with van der Waals surface area (Å²) >= 11 is 5.54. The van der Waals surface area contributed by atoms with Crippen molar-refractivity contribution in [2.24, 2.45) is 0 Å². The molecule has 0 saturated heterocycles. The number of carboxylic acid groups (broad SMARTS) is 2. The molecule has 2 heterocycles. The van der Waals surface area contributed by atoms with Crippen LogP contribution in [0.25, 0.3) is 0 Å². The van der Waals surface area contributed by atoms with E-state index in [1.165, 1.54) is 5.56 Å². The molecule has 1 aromatic heterocycles. The predicted molar refractivity (Wildman–Crippen MR) is 116 cm³/mol. The quantitative estimate of drug-likeness (QED) is 0.544. The van der Waals surface area contributed by atoms with Gasteiger partial charge in [-0.1, -0.05) is 42.5 Å². The molecular weight excluding hydrogens is 406 g/mol. The van der Waals surface area contributed by atoms with Crippen LogP contribution >= 0.6 is 12.2 Å². The molecule has 0 amide bonds. The number of aromatic nitrogens is 1. The number of hydrogen-bond acceptors (Lipinski definition) is 6. The molecule has 1 aromatic carbocycles. The number of likely N-dealkylation sites (N-methyl/N-ethyl adjacent to an activating group) is 1. The van der Waals surface area contributed by atoms with Crippen LogP contribution in [-0.2, 0) is 16.1 Å². The highest BCUT2D eigenvalue weighted by Crippen LogP contribution is 2.23. The molecular formula is C21H25N3O5S. The Morgan fingerprint density at radius 3 is 2.50 bits per heavy atom. The molecule has 0 radical (unpaired) electrons. The summed E-state index contributed by atoms with van der Waals surface area (Å²) in [6.45, 7) is 2.69. The number of carboxylic acids is 2. The first-order valence-corrected chi connectivity index (χ1v) is 9.74. The monoisotopic (exact) mass is 431 g/mol. The van der Waals surface area contributed by atoms with E-state index in [0.717, 1.165) is 36.6 Å². The zero-order valence-electron chi connectivity index (χ0n) is 16.9. The van der Waals surface area contributed by atoms with Gasteiger partial charge in [-0.05, 0) is 31.2 Å². The van der Waals surface area contributed by atoms with Gasteiger partial charge in [0, 0.05) is 26.3 Å². The standard InChI is InChI=1S/C19H23N3OS.C2H2O4/c1-21(13-15-7-4-3-5-8-15)12-10-16-14-22(2)19(24)17-9-6-11-20-18(17)23-16;3-1(4)2(5)6/h3-9,11,16H,10,12-14H2,1-2H3;(H,3,4)(H,5,6). The van der Waals surface area contributed by atoms with Crippen LogP contribution < -0.4 is 4.74 Å². The number of hydrogen-bond donors (Lipinski definition) is 2. The number of pyridine rings is 1. The molecule has 2 aromatic rings. The molecule has 0 saturated carbocycles. The fourth-order valence-electron chi connectivity index (χ4n) is 2.93. The number of aliphatic carboxylic acids is 2. The molecule has 160 valence electrons. The van der Waals surface area contributed by atoms with Crippen LogP contribution in [0.3, 0.4) is 0 Å². The summed E-state index contributed by atoms with van der Waals surface area (Å²) in [5, 5.41) is 14.8. The maximum Gasteiger partial charge on any atom is 0.414 e. The molecule has 8 nitrogen and oxygen atoms in total. The van der Waals surface area contributed by atoms with Gasteiger partial charge in [0.25, 0.3) is 0 Å². The van der Waals surface area contributed by atoms with Gasteiger partial charge < -0.3 is 24.7 Å². The van der Waals surface area contributed by atoms with Crippen molar-refractivity contribution >= 4 is 29.1 Å². The van der Waals surface area contributed by atoms with Crippen molar-refractivity contribution in [3.63, 3.8) is 0 Å². The van der Waals surface area contributed by atoms with Gasteiger partial charge in [-0.2, -0.15) is 0 Å². The molecule has 0 aliphatic carbocycles. The average molecular weight is 432 g/mol. The minimum Gasteiger partial charge on any atom is -0.473 e. The minimum absolute atomic E-state index is 0.0855. The zero-order valence-corrected chi connectivity index (χ0v) is 17.7. The number of nitrogens with zero attached hydrogens (tertiary/aromatic N) is 3. The summed E-state index contributed by atoms with van der Waals surface area (Å²) in [4.78, 5) is 27.8. The van der Waals surface area contributed by atoms with Crippen LogP contribution in [0.5, 0.6) is 5.88 Å². The summed E-state index contributed by atoms with van der Waals surface area (Å²) in [5.74, 6) is -2.99. The Bertz CT molecular complexity index is 866. The molecule has 3 rings (SSSR count). The number of rotatable bonds is 5. The first-order valence-electron chi connectivity index (χ1n) is 9.33. The second-order valence-electron chi connectivity index (χ2n) is 6.90. The van der Waals surface area contributed by atoms with E-state index in [2.05, 4.69) is 46.1 Å². The third-order valence-electron chi connectivity index (χ3n) is 4.42. The van der Waals surface area contributed by atoms with Crippen LogP contribution in [-0.4, -0.2) is 75.2 Å². The van der Waals surface area contributed by atoms with E-state index in [0.29, 0.717) is 5.88 Å². The fourth-order valence-corrected chi connectivity index (χ4v) is 3.16. The number of benzene rings is 1. The summed E-state index contributed by atoms with van der Waals surface area (Å²) in [7, 11) is 4.17. The van der Waals surface area contributed by atoms with Crippen LogP contribution in [0.1, 0.15) is 17.5 Å². The van der Waals surface area contributed by atoms with Crippen LogP contribution in [0.15, 0.2) is 48.7 Å². The maximum absolute atomic E-state index is 9.10. The molecule has 0 fully saturated rings. The van der Waals surface area contributed by atoms with E-state index in [1.54, 1.807) is 6.20 Å². The molecule has 1 aliphatic rings. The number of ether oxygens (including phenoxy) is 1. The normalized spacial score (nSPS) is 15.4. The van der Waals surface area contributed by atoms with Crippen molar-refractivity contribution in [3.05, 3.63) is 59.8 Å². The molecule has 0 bridgehead atoms. The fraction of sp³-hybridized carbons (Fsp3) is 0.333. The SMILES string of the molecule is CN(CCC1CN(C)C(=S)c2cccnc2O1)Cc1ccccc1.O=C(O)C(=O)O. The average Bonchev–Trinajstić information content (AvgIpc) is 2.84. The Kier molecular flexibility index (Phi) is 8.70. The molecule has 2 N–H and O–H groups in total. The lowest BCUT2D eigenvalue weighted by atomic mass is 10.2. The van der Waals surface area contributed by atoms with Gasteiger partial charge in [-0.3, -0.25) is 0 Å². The van der Waals surface area contributed by atoms with Crippen molar-refractivity contribution in [1.29, 1.82) is 0 Å². The van der Waals surface area contributed by atoms with Crippen molar-refractivity contribution in [1.82, 2.24) is 14.8 Å². The van der Waals surface area contributed by atoms with Gasteiger partial charge in [-0.15, -0.1) is 0 Å². The third kappa shape index (κ3) is 7.09. The van der Waals surface area contributed by atoms with E-state index < -0.39 is 11.9 Å². The maximum atomic E-state index is 9.10. The predicted octanol–water partition coefficient (Wildman–Crippen LogP) is 2.13. The molecule has 0 spiro atoms. The van der Waals surface area contributed by atoms with Crippen molar-refractivity contribution in [3.8, 4) is 5.88 Å². The molecule has 1 aliphatic heterocycles. The van der Waals surface area contributed by atoms with Crippen molar-refractivity contribution in [2.45, 2.75) is 19.1 Å². The van der Waals surface area contributed by atoms with Gasteiger partial charge in [0.1, 0.15) is 11.1 Å². The van der Waals surface area contributed by atoms with Crippen LogP contribution in [0.4, 0.5) is 0 Å². The molecule has 30 heavy (non-hydrogen) atoms. The topological polar surface area (TPSA) is 103 Å². The summed E-state index contributed by atoms with van der Waals surface area (Å²) in [5.41, 5.74) is 2.24. The largest absolute Gasteiger partial charge is 0.473 e. The number of carbonyl (C=O) groups is 2. The zero-order chi connectivity index (χ0) is 22.1. The van der Waals surface area contributed by atoms with Gasteiger partial charge in [0.05, 0.1) is 12.1 Å². The second kappa shape index (κ2) is 11.2. The first kappa shape index (κ1) is 23.2. The summed E-state index contributed by atoms with van der Waals surface area (Å²) in [6.07, 6.45) is 2.78. The van der Waals surface area contributed by atoms with E-state index >= 15 is 0 Å². The number of fused-ring (bicyclic) bond motifs is 1.